The highest BCUT2D eigenvalue weighted by Crippen LogP contribution is 2.39. The molecule has 0 aliphatic rings. The minimum atomic E-state index is 0.501. The molecule has 0 saturated carbocycles. The summed E-state index contributed by atoms with van der Waals surface area (Å²) in [5.74, 6) is 2.08. The summed E-state index contributed by atoms with van der Waals surface area (Å²) in [5, 5.41) is 0. The molecule has 0 bridgehead atoms. The molecule has 0 heterocycles. The van der Waals surface area contributed by atoms with Gasteiger partial charge >= 0.3 is 0 Å². The van der Waals surface area contributed by atoms with E-state index >= 15 is 0 Å². The van der Waals surface area contributed by atoms with Crippen LogP contribution in [0.2, 0.25) is 0 Å². The lowest BCUT2D eigenvalue weighted by atomic mass is 10.1. The quantitative estimate of drug-likeness (QED) is 0.700. The smallest absolute Gasteiger partial charge is 0.203 e. The first kappa shape index (κ1) is 18.1. The molecule has 0 amide bonds. The van der Waals surface area contributed by atoms with Crippen LogP contribution in [-0.4, -0.2) is 39.8 Å². The fraction of sp³-hybridized carbons (Fsp3) is 0.400. The summed E-state index contributed by atoms with van der Waals surface area (Å²) in [5.41, 5.74) is 2.31. The highest BCUT2D eigenvalue weighted by Gasteiger charge is 2.14. The van der Waals surface area contributed by atoms with Gasteiger partial charge in [0.1, 0.15) is 6.61 Å². The second kappa shape index (κ2) is 9.18. The molecule has 0 radical (unpaired) electrons. The standard InChI is InChI=1S/C20H27NO3/c1-21(2)12-8-11-17-13-18(22-3)20(23-4)19(14-17)24-15-16-9-6-5-7-10-16/h5-7,9-10,13-14H,8,11-12,15H2,1-4H3. The molecule has 2 aromatic carbocycles. The van der Waals surface area contributed by atoms with Gasteiger partial charge in [-0.3, -0.25) is 0 Å². The fourth-order valence-corrected chi connectivity index (χ4v) is 2.57. The lowest BCUT2D eigenvalue weighted by Gasteiger charge is -2.16. The zero-order chi connectivity index (χ0) is 17.4. The molecule has 0 aliphatic heterocycles. The zero-order valence-corrected chi connectivity index (χ0v) is 15.0. The Morgan fingerprint density at radius 3 is 2.21 bits per heavy atom. The molecule has 2 aromatic rings. The van der Waals surface area contributed by atoms with Crippen LogP contribution in [0.4, 0.5) is 0 Å². The predicted octanol–water partition coefficient (Wildman–Crippen LogP) is 3.78. The molecule has 2 rings (SSSR count). The molecule has 0 N–H and O–H groups in total. The Labute approximate surface area is 145 Å². The predicted molar refractivity (Wildman–Crippen MR) is 97.2 cm³/mol. The Morgan fingerprint density at radius 1 is 0.875 bits per heavy atom. The highest BCUT2D eigenvalue weighted by molar-refractivity contribution is 5.54. The van der Waals surface area contributed by atoms with E-state index in [0.29, 0.717) is 18.1 Å². The van der Waals surface area contributed by atoms with Gasteiger partial charge in [-0.2, -0.15) is 0 Å². The van der Waals surface area contributed by atoms with Gasteiger partial charge in [-0.05, 0) is 56.7 Å². The van der Waals surface area contributed by atoms with E-state index < -0.39 is 0 Å². The van der Waals surface area contributed by atoms with Crippen LogP contribution in [0.25, 0.3) is 0 Å². The van der Waals surface area contributed by atoms with E-state index in [1.54, 1.807) is 14.2 Å². The maximum absolute atomic E-state index is 6.01. The van der Waals surface area contributed by atoms with Gasteiger partial charge in [0.2, 0.25) is 5.75 Å². The SMILES string of the molecule is COc1cc(CCCN(C)C)cc(OCc2ccccc2)c1OC. The van der Waals surface area contributed by atoms with Crippen molar-refractivity contribution in [3.63, 3.8) is 0 Å². The largest absolute Gasteiger partial charge is 0.493 e. The third-order valence-corrected chi connectivity index (χ3v) is 3.81. The molecule has 0 atom stereocenters. The Hall–Kier alpha value is -2.20. The Kier molecular flexibility index (Phi) is 6.94. The van der Waals surface area contributed by atoms with Crippen LogP contribution in [0.3, 0.4) is 0 Å². The summed E-state index contributed by atoms with van der Waals surface area (Å²) in [6, 6.07) is 14.2. The molecule has 0 unspecified atom stereocenters. The molecular formula is C20H27NO3. The summed E-state index contributed by atoms with van der Waals surface area (Å²) in [6.07, 6.45) is 2.06. The summed E-state index contributed by atoms with van der Waals surface area (Å²) in [7, 11) is 7.47. The number of hydrogen-bond donors (Lipinski definition) is 0. The molecular weight excluding hydrogens is 302 g/mol. The third-order valence-electron chi connectivity index (χ3n) is 3.81. The van der Waals surface area contributed by atoms with Crippen molar-refractivity contribution >= 4 is 0 Å². The number of hydrogen-bond acceptors (Lipinski definition) is 4. The molecule has 4 heteroatoms. The number of nitrogens with zero attached hydrogens (tertiary/aromatic N) is 1. The second-order valence-electron chi connectivity index (χ2n) is 6.01. The number of ether oxygens (including phenoxy) is 3. The maximum Gasteiger partial charge on any atom is 0.203 e. The molecule has 0 aromatic heterocycles. The Balaban J connectivity index is 2.16. The lowest BCUT2D eigenvalue weighted by molar-refractivity contribution is 0.275. The van der Waals surface area contributed by atoms with E-state index in [4.69, 9.17) is 14.2 Å². The van der Waals surface area contributed by atoms with E-state index in [1.807, 2.05) is 36.4 Å². The minimum Gasteiger partial charge on any atom is -0.493 e. The second-order valence-corrected chi connectivity index (χ2v) is 6.01. The van der Waals surface area contributed by atoms with E-state index in [-0.39, 0.29) is 0 Å². The topological polar surface area (TPSA) is 30.9 Å². The van der Waals surface area contributed by atoms with Crippen molar-refractivity contribution in [2.24, 2.45) is 0 Å². The van der Waals surface area contributed by atoms with E-state index in [1.165, 1.54) is 5.56 Å². The molecule has 0 fully saturated rings. The molecule has 4 nitrogen and oxygen atoms in total. The molecule has 130 valence electrons. The van der Waals surface area contributed by atoms with Crippen LogP contribution in [-0.2, 0) is 13.0 Å². The molecule has 0 aliphatic carbocycles. The van der Waals surface area contributed by atoms with Crippen LogP contribution in [0.1, 0.15) is 17.5 Å². The summed E-state index contributed by atoms with van der Waals surface area (Å²) in [4.78, 5) is 2.19. The normalized spacial score (nSPS) is 10.7. The van der Waals surface area contributed by atoms with Crippen molar-refractivity contribution in [1.82, 2.24) is 4.90 Å². The average molecular weight is 329 g/mol. The van der Waals surface area contributed by atoms with Crippen LogP contribution in [0.5, 0.6) is 17.2 Å². The third kappa shape index (κ3) is 5.17. The van der Waals surface area contributed by atoms with Crippen molar-refractivity contribution in [3.8, 4) is 17.2 Å². The average Bonchev–Trinajstić information content (AvgIpc) is 2.60. The summed E-state index contributed by atoms with van der Waals surface area (Å²) in [6.45, 7) is 1.55. The van der Waals surface area contributed by atoms with Crippen molar-refractivity contribution in [1.29, 1.82) is 0 Å². The van der Waals surface area contributed by atoms with Crippen LogP contribution in [0, 0.1) is 0 Å². The molecule has 0 saturated heterocycles. The van der Waals surface area contributed by atoms with Crippen LogP contribution >= 0.6 is 0 Å². The first-order valence-corrected chi connectivity index (χ1v) is 8.20. The van der Waals surface area contributed by atoms with E-state index in [2.05, 4.69) is 25.1 Å². The highest BCUT2D eigenvalue weighted by atomic mass is 16.5. The van der Waals surface area contributed by atoms with Crippen LogP contribution in [0.15, 0.2) is 42.5 Å². The molecule has 24 heavy (non-hydrogen) atoms. The number of methoxy groups -OCH3 is 2. The van der Waals surface area contributed by atoms with Gasteiger partial charge in [-0.25, -0.2) is 0 Å². The zero-order valence-electron chi connectivity index (χ0n) is 15.0. The molecule has 0 spiro atoms. The van der Waals surface area contributed by atoms with Crippen LogP contribution < -0.4 is 14.2 Å². The van der Waals surface area contributed by atoms with Crippen molar-refractivity contribution in [2.75, 3.05) is 34.9 Å². The first-order chi connectivity index (χ1) is 11.6. The van der Waals surface area contributed by atoms with E-state index in [0.717, 1.165) is 30.7 Å². The van der Waals surface area contributed by atoms with Gasteiger partial charge in [-0.15, -0.1) is 0 Å². The summed E-state index contributed by atoms with van der Waals surface area (Å²) >= 11 is 0. The lowest BCUT2D eigenvalue weighted by Crippen LogP contribution is -2.13. The van der Waals surface area contributed by atoms with Crippen molar-refractivity contribution < 1.29 is 14.2 Å². The van der Waals surface area contributed by atoms with Gasteiger partial charge in [0.25, 0.3) is 0 Å². The maximum atomic E-state index is 6.01. The van der Waals surface area contributed by atoms with Gasteiger partial charge in [0.05, 0.1) is 14.2 Å². The summed E-state index contributed by atoms with van der Waals surface area (Å²) < 4.78 is 17.0. The monoisotopic (exact) mass is 329 g/mol. The number of rotatable bonds is 9. The first-order valence-electron chi connectivity index (χ1n) is 8.20. The van der Waals surface area contributed by atoms with Crippen molar-refractivity contribution in [2.45, 2.75) is 19.4 Å². The van der Waals surface area contributed by atoms with Gasteiger partial charge < -0.3 is 19.1 Å². The van der Waals surface area contributed by atoms with Gasteiger partial charge in [-0.1, -0.05) is 30.3 Å². The number of benzene rings is 2. The fourth-order valence-electron chi connectivity index (χ4n) is 2.57. The van der Waals surface area contributed by atoms with Crippen molar-refractivity contribution in [3.05, 3.63) is 53.6 Å². The number of aryl methyl sites for hydroxylation is 1. The van der Waals surface area contributed by atoms with E-state index in [9.17, 15) is 0 Å². The minimum absolute atomic E-state index is 0.501. The Morgan fingerprint density at radius 2 is 1.58 bits per heavy atom. The van der Waals surface area contributed by atoms with Gasteiger partial charge in [0, 0.05) is 0 Å². The van der Waals surface area contributed by atoms with Gasteiger partial charge in [0.15, 0.2) is 11.5 Å². The Bertz CT molecular complexity index is 626.